The predicted octanol–water partition coefficient (Wildman–Crippen LogP) is 1.27. The van der Waals surface area contributed by atoms with Gasteiger partial charge < -0.3 is 0 Å². The zero-order chi connectivity index (χ0) is 12.5. The van der Waals surface area contributed by atoms with Gasteiger partial charge in [0.2, 0.25) is 0 Å². The standard InChI is InChI=1S/C13H9N3O2/c17-12-10-3-1-2-4-11(10)13(18)16(12)7-9-5-14-8-15-6-9/h1-6,8H,7H2. The van der Waals surface area contributed by atoms with Crippen LogP contribution in [0.1, 0.15) is 26.3 Å². The van der Waals surface area contributed by atoms with Gasteiger partial charge in [-0.15, -0.1) is 0 Å². The molecule has 0 N–H and O–H groups in total. The fraction of sp³-hybridized carbons (Fsp3) is 0.0769. The van der Waals surface area contributed by atoms with Gasteiger partial charge in [-0.25, -0.2) is 9.97 Å². The first-order chi connectivity index (χ1) is 8.77. The quantitative estimate of drug-likeness (QED) is 0.740. The first kappa shape index (κ1) is 10.6. The second-order valence-corrected chi connectivity index (χ2v) is 3.99. The Labute approximate surface area is 103 Å². The van der Waals surface area contributed by atoms with E-state index >= 15 is 0 Å². The van der Waals surface area contributed by atoms with E-state index in [2.05, 4.69) is 9.97 Å². The average Bonchev–Trinajstić information content (AvgIpc) is 2.66. The maximum absolute atomic E-state index is 12.1. The Balaban J connectivity index is 1.93. The summed E-state index contributed by atoms with van der Waals surface area (Å²) in [6.45, 7) is 0.202. The minimum absolute atomic E-state index is 0.202. The molecule has 0 saturated heterocycles. The Hall–Kier alpha value is -2.56. The third-order valence-corrected chi connectivity index (χ3v) is 2.83. The van der Waals surface area contributed by atoms with Crippen LogP contribution in [-0.2, 0) is 6.54 Å². The topological polar surface area (TPSA) is 63.2 Å². The summed E-state index contributed by atoms with van der Waals surface area (Å²) in [5.74, 6) is -0.529. The fourth-order valence-electron chi connectivity index (χ4n) is 1.98. The van der Waals surface area contributed by atoms with Gasteiger partial charge in [0.1, 0.15) is 6.33 Å². The van der Waals surface area contributed by atoms with Crippen molar-refractivity contribution in [2.75, 3.05) is 0 Å². The number of carbonyl (C=O) groups excluding carboxylic acids is 2. The van der Waals surface area contributed by atoms with Gasteiger partial charge in [0.15, 0.2) is 0 Å². The van der Waals surface area contributed by atoms with E-state index in [0.29, 0.717) is 11.1 Å². The van der Waals surface area contributed by atoms with Gasteiger partial charge in [0.05, 0.1) is 17.7 Å². The summed E-state index contributed by atoms with van der Waals surface area (Å²) < 4.78 is 0. The maximum Gasteiger partial charge on any atom is 0.261 e. The van der Waals surface area contributed by atoms with Crippen molar-refractivity contribution in [2.45, 2.75) is 6.54 Å². The zero-order valence-corrected chi connectivity index (χ0v) is 9.41. The number of imide groups is 1. The lowest BCUT2D eigenvalue weighted by molar-refractivity contribution is 0.0642. The fourth-order valence-corrected chi connectivity index (χ4v) is 1.98. The van der Waals surface area contributed by atoms with Gasteiger partial charge in [0.25, 0.3) is 11.8 Å². The van der Waals surface area contributed by atoms with Crippen LogP contribution in [0.15, 0.2) is 43.0 Å². The number of hydrogen-bond donors (Lipinski definition) is 0. The number of nitrogens with zero attached hydrogens (tertiary/aromatic N) is 3. The highest BCUT2D eigenvalue weighted by molar-refractivity contribution is 6.21. The van der Waals surface area contributed by atoms with Crippen LogP contribution in [0.25, 0.3) is 0 Å². The Bertz CT molecular complexity index is 590. The van der Waals surface area contributed by atoms with Crippen molar-refractivity contribution >= 4 is 11.8 Å². The van der Waals surface area contributed by atoms with E-state index in [1.165, 1.54) is 11.2 Å². The van der Waals surface area contributed by atoms with Crippen molar-refractivity contribution in [2.24, 2.45) is 0 Å². The largest absolute Gasteiger partial charge is 0.270 e. The molecule has 1 aromatic heterocycles. The molecule has 0 saturated carbocycles. The first-order valence-electron chi connectivity index (χ1n) is 5.46. The highest BCUT2D eigenvalue weighted by Crippen LogP contribution is 2.23. The summed E-state index contributed by atoms with van der Waals surface area (Å²) in [5, 5.41) is 0. The predicted molar refractivity (Wildman–Crippen MR) is 62.7 cm³/mol. The maximum atomic E-state index is 12.1. The zero-order valence-electron chi connectivity index (χ0n) is 9.41. The van der Waals surface area contributed by atoms with Crippen LogP contribution >= 0.6 is 0 Å². The molecule has 2 amide bonds. The van der Waals surface area contributed by atoms with E-state index in [9.17, 15) is 9.59 Å². The molecule has 0 aliphatic carbocycles. The van der Waals surface area contributed by atoms with Gasteiger partial charge in [-0.05, 0) is 12.1 Å². The van der Waals surface area contributed by atoms with Crippen LogP contribution in [0.2, 0.25) is 0 Å². The first-order valence-corrected chi connectivity index (χ1v) is 5.46. The van der Waals surface area contributed by atoms with Crippen LogP contribution in [0, 0.1) is 0 Å². The molecule has 5 heteroatoms. The number of hydrogen-bond acceptors (Lipinski definition) is 4. The normalized spacial score (nSPS) is 13.9. The molecule has 0 atom stereocenters. The van der Waals surface area contributed by atoms with Gasteiger partial charge in [-0.3, -0.25) is 14.5 Å². The monoisotopic (exact) mass is 239 g/mol. The van der Waals surface area contributed by atoms with E-state index in [0.717, 1.165) is 5.56 Å². The van der Waals surface area contributed by atoms with Crippen LogP contribution in [0.4, 0.5) is 0 Å². The number of amides is 2. The number of carbonyl (C=O) groups is 2. The van der Waals surface area contributed by atoms with Crippen LogP contribution in [0.3, 0.4) is 0 Å². The summed E-state index contributed by atoms with van der Waals surface area (Å²) in [6, 6.07) is 6.83. The molecule has 1 aliphatic rings. The minimum atomic E-state index is -0.264. The SMILES string of the molecule is O=C1c2ccccc2C(=O)N1Cc1cncnc1. The van der Waals surface area contributed by atoms with Crippen molar-refractivity contribution in [1.29, 1.82) is 0 Å². The van der Waals surface area contributed by atoms with Crippen molar-refractivity contribution in [1.82, 2.24) is 14.9 Å². The second-order valence-electron chi connectivity index (χ2n) is 3.99. The molecule has 2 aromatic rings. The third kappa shape index (κ3) is 1.57. The molecule has 1 aliphatic heterocycles. The van der Waals surface area contributed by atoms with Crippen molar-refractivity contribution in [3.05, 3.63) is 59.7 Å². The molecule has 2 heterocycles. The molecule has 0 unspecified atom stereocenters. The molecule has 0 spiro atoms. The molecular weight excluding hydrogens is 230 g/mol. The van der Waals surface area contributed by atoms with E-state index < -0.39 is 0 Å². The number of rotatable bonds is 2. The minimum Gasteiger partial charge on any atom is -0.270 e. The molecule has 3 rings (SSSR count). The molecule has 0 fully saturated rings. The molecule has 0 radical (unpaired) electrons. The van der Waals surface area contributed by atoms with E-state index in [1.807, 2.05) is 0 Å². The van der Waals surface area contributed by atoms with Gasteiger partial charge in [0, 0.05) is 18.0 Å². The lowest BCUT2D eigenvalue weighted by Crippen LogP contribution is -2.29. The van der Waals surface area contributed by atoms with Gasteiger partial charge >= 0.3 is 0 Å². The summed E-state index contributed by atoms with van der Waals surface area (Å²) in [6.07, 6.45) is 4.60. The van der Waals surface area contributed by atoms with Gasteiger partial charge in [-0.1, -0.05) is 12.1 Å². The smallest absolute Gasteiger partial charge is 0.261 e. The second kappa shape index (κ2) is 4.03. The Morgan fingerprint density at radius 3 is 2.06 bits per heavy atom. The van der Waals surface area contributed by atoms with Crippen LogP contribution in [0.5, 0.6) is 0 Å². The molecule has 18 heavy (non-hydrogen) atoms. The Morgan fingerprint density at radius 1 is 0.944 bits per heavy atom. The van der Waals surface area contributed by atoms with E-state index in [-0.39, 0.29) is 18.4 Å². The summed E-state index contributed by atoms with van der Waals surface area (Å²) >= 11 is 0. The van der Waals surface area contributed by atoms with E-state index in [1.54, 1.807) is 36.7 Å². The third-order valence-electron chi connectivity index (χ3n) is 2.83. The lowest BCUT2D eigenvalue weighted by atomic mass is 10.1. The van der Waals surface area contributed by atoms with Crippen LogP contribution in [-0.4, -0.2) is 26.7 Å². The highest BCUT2D eigenvalue weighted by atomic mass is 16.2. The Kier molecular flexibility index (Phi) is 2.37. The van der Waals surface area contributed by atoms with Crippen LogP contribution < -0.4 is 0 Å². The van der Waals surface area contributed by atoms with Crippen molar-refractivity contribution in [3.63, 3.8) is 0 Å². The molecular formula is C13H9N3O2. The number of fused-ring (bicyclic) bond motifs is 1. The number of aromatic nitrogens is 2. The molecule has 5 nitrogen and oxygen atoms in total. The van der Waals surface area contributed by atoms with E-state index in [4.69, 9.17) is 0 Å². The Morgan fingerprint density at radius 2 is 1.50 bits per heavy atom. The molecule has 1 aromatic carbocycles. The molecule has 0 bridgehead atoms. The van der Waals surface area contributed by atoms with Crippen molar-refractivity contribution in [3.8, 4) is 0 Å². The number of benzene rings is 1. The molecule has 88 valence electrons. The summed E-state index contributed by atoms with van der Waals surface area (Å²) in [7, 11) is 0. The lowest BCUT2D eigenvalue weighted by Gasteiger charge is -2.12. The summed E-state index contributed by atoms with van der Waals surface area (Å²) in [5.41, 5.74) is 1.64. The summed E-state index contributed by atoms with van der Waals surface area (Å²) in [4.78, 5) is 33.1. The highest BCUT2D eigenvalue weighted by Gasteiger charge is 2.34. The van der Waals surface area contributed by atoms with Gasteiger partial charge in [-0.2, -0.15) is 0 Å². The van der Waals surface area contributed by atoms with Crippen molar-refractivity contribution < 1.29 is 9.59 Å². The average molecular weight is 239 g/mol.